The molecule has 0 aliphatic rings. The number of nitrogens with one attached hydrogen (secondary N) is 1. The molecule has 1 atom stereocenters. The van der Waals surface area contributed by atoms with Gasteiger partial charge < -0.3 is 5.32 Å². The largest absolute Gasteiger partial charge is 0.325 e. The zero-order valence-corrected chi connectivity index (χ0v) is 19.1. The molecule has 0 spiro atoms. The summed E-state index contributed by atoms with van der Waals surface area (Å²) in [6, 6.07) is 10.5. The Kier molecular flexibility index (Phi) is 6.89. The predicted octanol–water partition coefficient (Wildman–Crippen LogP) is 4.45. The molecule has 1 heterocycles. The van der Waals surface area contributed by atoms with Crippen molar-refractivity contribution in [1.82, 2.24) is 13.9 Å². The summed E-state index contributed by atoms with van der Waals surface area (Å²) < 4.78 is 53.7. The lowest BCUT2D eigenvalue weighted by Gasteiger charge is -2.16. The van der Waals surface area contributed by atoms with Gasteiger partial charge in [-0.15, -0.1) is 0 Å². The standard InChI is InChI=1S/C19H19ClF2N4O3S2/c1-11(30-19-24-14-6-4-5-7-15(14)26(19)18(21)22)17(27)23-12-8-9-13(20)16(10-12)31(28,29)25(2)3/h4-11,18H,1-3H3,(H,23,27)/t11-/m1/s1. The summed E-state index contributed by atoms with van der Waals surface area (Å²) in [5, 5.41) is 1.82. The maximum atomic E-state index is 13.6. The number of sulfonamides is 1. The van der Waals surface area contributed by atoms with E-state index in [2.05, 4.69) is 10.3 Å². The van der Waals surface area contributed by atoms with Crippen LogP contribution < -0.4 is 5.32 Å². The summed E-state index contributed by atoms with van der Waals surface area (Å²) in [7, 11) is -1.08. The van der Waals surface area contributed by atoms with Crippen molar-refractivity contribution in [3.8, 4) is 0 Å². The number of carbonyl (C=O) groups excluding carboxylic acids is 1. The van der Waals surface area contributed by atoms with Crippen LogP contribution in [0.25, 0.3) is 11.0 Å². The van der Waals surface area contributed by atoms with Crippen molar-refractivity contribution in [2.45, 2.75) is 28.8 Å². The Labute approximate surface area is 187 Å². The monoisotopic (exact) mass is 488 g/mol. The Morgan fingerprint density at radius 2 is 1.90 bits per heavy atom. The fourth-order valence-corrected chi connectivity index (χ4v) is 5.04. The minimum absolute atomic E-state index is 0.00540. The number of nitrogens with zero attached hydrogens (tertiary/aromatic N) is 3. The van der Waals surface area contributed by atoms with Crippen LogP contribution in [-0.4, -0.2) is 47.5 Å². The van der Waals surface area contributed by atoms with Gasteiger partial charge in [-0.2, -0.15) is 8.78 Å². The molecule has 12 heteroatoms. The number of thioether (sulfide) groups is 1. The molecular weight excluding hydrogens is 470 g/mol. The Morgan fingerprint density at radius 1 is 1.23 bits per heavy atom. The van der Waals surface area contributed by atoms with Crippen LogP contribution in [0.3, 0.4) is 0 Å². The van der Waals surface area contributed by atoms with Crippen molar-refractivity contribution < 1.29 is 22.0 Å². The number of aromatic nitrogens is 2. The van der Waals surface area contributed by atoms with Crippen molar-refractivity contribution >= 4 is 56.0 Å². The second-order valence-electron chi connectivity index (χ2n) is 6.71. The molecule has 0 saturated carbocycles. The summed E-state index contributed by atoms with van der Waals surface area (Å²) >= 11 is 6.89. The number of rotatable bonds is 7. The van der Waals surface area contributed by atoms with E-state index in [0.29, 0.717) is 5.52 Å². The van der Waals surface area contributed by atoms with Crippen molar-refractivity contribution in [2.24, 2.45) is 0 Å². The Balaban J connectivity index is 1.83. The summed E-state index contributed by atoms with van der Waals surface area (Å²) in [6.45, 7) is -1.28. The van der Waals surface area contributed by atoms with E-state index in [-0.39, 0.29) is 26.3 Å². The molecular formula is C19H19ClF2N4O3S2. The molecule has 1 amide bonds. The van der Waals surface area contributed by atoms with Crippen LogP contribution in [0.1, 0.15) is 13.5 Å². The second-order valence-corrected chi connectivity index (χ2v) is 10.5. The Morgan fingerprint density at radius 3 is 2.55 bits per heavy atom. The van der Waals surface area contributed by atoms with Crippen LogP contribution in [0.5, 0.6) is 0 Å². The van der Waals surface area contributed by atoms with Crippen LogP contribution in [0, 0.1) is 0 Å². The van der Waals surface area contributed by atoms with Gasteiger partial charge in [0.1, 0.15) is 4.90 Å². The van der Waals surface area contributed by atoms with Gasteiger partial charge in [-0.05, 0) is 37.3 Å². The number of alkyl halides is 2. The van der Waals surface area contributed by atoms with Gasteiger partial charge in [0.05, 0.1) is 21.3 Å². The molecule has 0 unspecified atom stereocenters. The van der Waals surface area contributed by atoms with E-state index in [1.165, 1.54) is 38.4 Å². The zero-order chi connectivity index (χ0) is 22.9. The minimum atomic E-state index is -3.82. The normalized spacial score (nSPS) is 13.2. The van der Waals surface area contributed by atoms with E-state index in [1.54, 1.807) is 25.1 Å². The first-order valence-electron chi connectivity index (χ1n) is 8.97. The van der Waals surface area contributed by atoms with Gasteiger partial charge in [0.25, 0.3) is 0 Å². The Hall–Kier alpha value is -2.21. The van der Waals surface area contributed by atoms with E-state index in [1.807, 2.05) is 0 Å². The van der Waals surface area contributed by atoms with Crippen molar-refractivity contribution in [3.63, 3.8) is 0 Å². The summed E-state index contributed by atoms with van der Waals surface area (Å²) in [6.07, 6.45) is 0. The van der Waals surface area contributed by atoms with Gasteiger partial charge in [-0.1, -0.05) is 35.5 Å². The van der Waals surface area contributed by atoms with Gasteiger partial charge in [0.15, 0.2) is 5.16 Å². The topological polar surface area (TPSA) is 84.3 Å². The first-order valence-corrected chi connectivity index (χ1v) is 11.7. The zero-order valence-electron chi connectivity index (χ0n) is 16.7. The molecule has 0 saturated heterocycles. The van der Waals surface area contributed by atoms with Crippen molar-refractivity contribution in [1.29, 1.82) is 0 Å². The molecule has 0 bridgehead atoms. The number of amides is 1. The third-order valence-corrected chi connectivity index (χ3v) is 7.73. The van der Waals surface area contributed by atoms with E-state index < -0.39 is 27.7 Å². The predicted molar refractivity (Wildman–Crippen MR) is 117 cm³/mol. The number of benzene rings is 2. The molecule has 31 heavy (non-hydrogen) atoms. The first kappa shape index (κ1) is 23.5. The molecule has 0 aliphatic carbocycles. The summed E-state index contributed by atoms with van der Waals surface area (Å²) in [5.41, 5.74) is 0.877. The smallest absolute Gasteiger partial charge is 0.321 e. The van der Waals surface area contributed by atoms with Crippen LogP contribution >= 0.6 is 23.4 Å². The molecule has 3 aromatic rings. The lowest BCUT2D eigenvalue weighted by molar-refractivity contribution is -0.115. The minimum Gasteiger partial charge on any atom is -0.325 e. The van der Waals surface area contributed by atoms with Gasteiger partial charge in [-0.25, -0.2) is 17.7 Å². The number of fused-ring (bicyclic) bond motifs is 1. The maximum absolute atomic E-state index is 13.6. The van der Waals surface area contributed by atoms with Crippen LogP contribution in [-0.2, 0) is 14.8 Å². The lowest BCUT2D eigenvalue weighted by Crippen LogP contribution is -2.24. The van der Waals surface area contributed by atoms with Crippen LogP contribution in [0.15, 0.2) is 52.5 Å². The number of hydrogen-bond donors (Lipinski definition) is 1. The summed E-state index contributed by atoms with van der Waals surface area (Å²) in [5.74, 6) is -0.506. The number of anilines is 1. The lowest BCUT2D eigenvalue weighted by atomic mass is 10.3. The highest BCUT2D eigenvalue weighted by molar-refractivity contribution is 8.00. The van der Waals surface area contributed by atoms with E-state index >= 15 is 0 Å². The number of imidazole rings is 1. The molecule has 0 fully saturated rings. The molecule has 166 valence electrons. The SMILES string of the molecule is C[C@@H](Sc1nc2ccccc2n1C(F)F)C(=O)Nc1ccc(Cl)c(S(=O)(=O)N(C)C)c1. The molecule has 0 aliphatic heterocycles. The average Bonchev–Trinajstić information content (AvgIpc) is 3.07. The van der Waals surface area contributed by atoms with Crippen molar-refractivity contribution in [2.75, 3.05) is 19.4 Å². The van der Waals surface area contributed by atoms with Crippen molar-refractivity contribution in [3.05, 3.63) is 47.5 Å². The quantitative estimate of drug-likeness (QED) is 0.496. The number of halogens is 3. The number of carbonyl (C=O) groups is 1. The average molecular weight is 489 g/mol. The molecule has 1 N–H and O–H groups in total. The van der Waals surface area contributed by atoms with Gasteiger partial charge in [0, 0.05) is 19.8 Å². The van der Waals surface area contributed by atoms with Gasteiger partial charge in [0.2, 0.25) is 15.9 Å². The number of para-hydroxylation sites is 2. The van der Waals surface area contributed by atoms with Crippen LogP contribution in [0.4, 0.5) is 14.5 Å². The van der Waals surface area contributed by atoms with E-state index in [0.717, 1.165) is 20.6 Å². The highest BCUT2D eigenvalue weighted by Gasteiger charge is 2.25. The molecule has 7 nitrogen and oxygen atoms in total. The highest BCUT2D eigenvalue weighted by Crippen LogP contribution is 2.32. The Bertz CT molecular complexity index is 1230. The van der Waals surface area contributed by atoms with E-state index in [4.69, 9.17) is 11.6 Å². The van der Waals surface area contributed by atoms with Gasteiger partial charge in [-0.3, -0.25) is 9.36 Å². The van der Waals surface area contributed by atoms with Gasteiger partial charge >= 0.3 is 6.55 Å². The maximum Gasteiger partial charge on any atom is 0.321 e. The summed E-state index contributed by atoms with van der Waals surface area (Å²) in [4.78, 5) is 16.7. The van der Waals surface area contributed by atoms with Crippen LogP contribution in [0.2, 0.25) is 5.02 Å². The third kappa shape index (κ3) is 4.84. The molecule has 3 rings (SSSR count). The third-order valence-electron chi connectivity index (χ3n) is 4.37. The fraction of sp³-hybridized carbons (Fsp3) is 0.263. The molecule has 0 radical (unpaired) electrons. The highest BCUT2D eigenvalue weighted by atomic mass is 35.5. The second kappa shape index (κ2) is 9.11. The first-order chi connectivity index (χ1) is 14.5. The van der Waals surface area contributed by atoms with E-state index in [9.17, 15) is 22.0 Å². The molecule has 1 aromatic heterocycles. The molecule has 2 aromatic carbocycles. The number of hydrogen-bond acceptors (Lipinski definition) is 5. The fourth-order valence-electron chi connectivity index (χ4n) is 2.73.